The Morgan fingerprint density at radius 1 is 1.15 bits per heavy atom. The summed E-state index contributed by atoms with van der Waals surface area (Å²) in [5.74, 6) is -0.332. The molecule has 3 aromatic rings. The SMILES string of the molecule is CCC(ONc1ccc(-c2noc3cc(F)ccc23)cc1)N1CCCCC1. The van der Waals surface area contributed by atoms with Crippen LogP contribution in [0.25, 0.3) is 22.2 Å². The summed E-state index contributed by atoms with van der Waals surface area (Å²) in [6.07, 6.45) is 4.81. The van der Waals surface area contributed by atoms with Crippen LogP contribution in [0.5, 0.6) is 0 Å². The van der Waals surface area contributed by atoms with Crippen LogP contribution in [0.15, 0.2) is 47.0 Å². The standard InChI is InChI=1S/C21H24FN3O2/c1-2-20(25-12-4-3-5-13-25)27-23-17-9-6-15(7-10-17)21-18-11-8-16(22)14-19(18)26-24-21/h6-11,14,20,23H,2-5,12-13H2,1H3. The number of hydrogen-bond acceptors (Lipinski definition) is 5. The number of likely N-dealkylation sites (tertiary alicyclic amines) is 1. The van der Waals surface area contributed by atoms with E-state index in [1.54, 1.807) is 6.07 Å². The Balaban J connectivity index is 1.43. The third-order valence-corrected chi connectivity index (χ3v) is 5.05. The van der Waals surface area contributed by atoms with Crippen molar-refractivity contribution in [1.29, 1.82) is 0 Å². The average Bonchev–Trinajstić information content (AvgIpc) is 3.13. The molecule has 6 heteroatoms. The molecule has 2 aromatic carbocycles. The van der Waals surface area contributed by atoms with Crippen LogP contribution in [0.4, 0.5) is 10.1 Å². The van der Waals surface area contributed by atoms with Gasteiger partial charge >= 0.3 is 0 Å². The Bertz CT molecular complexity index is 888. The number of hydrogen-bond donors (Lipinski definition) is 1. The fourth-order valence-corrected chi connectivity index (χ4v) is 3.57. The van der Waals surface area contributed by atoms with Crippen molar-refractivity contribution in [3.8, 4) is 11.3 Å². The number of nitrogens with one attached hydrogen (secondary N) is 1. The number of aromatic nitrogens is 1. The summed E-state index contributed by atoms with van der Waals surface area (Å²) < 4.78 is 18.5. The van der Waals surface area contributed by atoms with Crippen LogP contribution in [0.3, 0.4) is 0 Å². The topological polar surface area (TPSA) is 50.5 Å². The number of benzene rings is 2. The molecule has 1 atom stereocenters. The van der Waals surface area contributed by atoms with Gasteiger partial charge in [-0.05, 0) is 43.5 Å². The Hall–Kier alpha value is -2.44. The zero-order valence-electron chi connectivity index (χ0n) is 15.5. The molecule has 2 heterocycles. The quantitative estimate of drug-likeness (QED) is 0.605. The first-order valence-electron chi connectivity index (χ1n) is 9.55. The largest absolute Gasteiger partial charge is 0.356 e. The van der Waals surface area contributed by atoms with Gasteiger partial charge in [0.05, 0.1) is 5.69 Å². The normalized spacial score (nSPS) is 16.5. The molecule has 0 bridgehead atoms. The number of piperidine rings is 1. The van der Waals surface area contributed by atoms with Gasteiger partial charge in [-0.25, -0.2) is 4.39 Å². The lowest BCUT2D eigenvalue weighted by Crippen LogP contribution is -2.41. The number of halogens is 1. The van der Waals surface area contributed by atoms with Gasteiger partial charge in [-0.2, -0.15) is 0 Å². The summed E-state index contributed by atoms with van der Waals surface area (Å²) in [5.41, 5.74) is 6.02. The number of anilines is 1. The molecule has 4 rings (SSSR count). The van der Waals surface area contributed by atoms with Gasteiger partial charge in [0.2, 0.25) is 0 Å². The smallest absolute Gasteiger partial charge is 0.170 e. The zero-order valence-corrected chi connectivity index (χ0v) is 15.5. The molecule has 0 saturated carbocycles. The molecule has 5 nitrogen and oxygen atoms in total. The van der Waals surface area contributed by atoms with Crippen molar-refractivity contribution in [3.05, 3.63) is 48.3 Å². The molecule has 0 amide bonds. The van der Waals surface area contributed by atoms with Gasteiger partial charge in [0.25, 0.3) is 0 Å². The minimum absolute atomic E-state index is 0.0827. The van der Waals surface area contributed by atoms with Crippen LogP contribution >= 0.6 is 0 Å². The van der Waals surface area contributed by atoms with Gasteiger partial charge < -0.3 is 4.52 Å². The first-order valence-corrected chi connectivity index (χ1v) is 9.55. The second-order valence-corrected chi connectivity index (χ2v) is 6.93. The van der Waals surface area contributed by atoms with Crippen molar-refractivity contribution in [2.24, 2.45) is 0 Å². The molecule has 27 heavy (non-hydrogen) atoms. The number of fused-ring (bicyclic) bond motifs is 1. The van der Waals surface area contributed by atoms with E-state index >= 15 is 0 Å². The highest BCUT2D eigenvalue weighted by Crippen LogP contribution is 2.29. The third-order valence-electron chi connectivity index (χ3n) is 5.05. The Morgan fingerprint density at radius 2 is 1.93 bits per heavy atom. The summed E-state index contributed by atoms with van der Waals surface area (Å²) in [4.78, 5) is 8.33. The van der Waals surface area contributed by atoms with E-state index in [0.717, 1.165) is 36.1 Å². The first kappa shape index (κ1) is 17.9. The van der Waals surface area contributed by atoms with Crippen molar-refractivity contribution in [2.75, 3.05) is 18.6 Å². The Labute approximate surface area is 158 Å². The van der Waals surface area contributed by atoms with Crippen LogP contribution in [0.2, 0.25) is 0 Å². The van der Waals surface area contributed by atoms with Crippen molar-refractivity contribution in [2.45, 2.75) is 38.8 Å². The highest BCUT2D eigenvalue weighted by Gasteiger charge is 2.20. The second kappa shape index (κ2) is 8.06. The van der Waals surface area contributed by atoms with Gasteiger partial charge in [-0.1, -0.05) is 30.6 Å². The van der Waals surface area contributed by atoms with E-state index in [9.17, 15) is 4.39 Å². The molecule has 1 unspecified atom stereocenters. The Kier molecular flexibility index (Phi) is 5.36. The predicted octanol–water partition coefficient (Wildman–Crippen LogP) is 5.20. The van der Waals surface area contributed by atoms with Crippen molar-refractivity contribution >= 4 is 16.7 Å². The maximum atomic E-state index is 13.3. The fraction of sp³-hybridized carbons (Fsp3) is 0.381. The third kappa shape index (κ3) is 3.96. The first-order chi connectivity index (χ1) is 13.2. The van der Waals surface area contributed by atoms with E-state index < -0.39 is 0 Å². The number of nitrogens with zero attached hydrogens (tertiary/aromatic N) is 2. The molecule has 1 aromatic heterocycles. The molecule has 1 aliphatic rings. The maximum absolute atomic E-state index is 13.3. The molecule has 0 aliphatic carbocycles. The van der Waals surface area contributed by atoms with E-state index in [4.69, 9.17) is 9.36 Å². The van der Waals surface area contributed by atoms with E-state index in [1.165, 1.54) is 31.4 Å². The lowest BCUT2D eigenvalue weighted by Gasteiger charge is -2.33. The van der Waals surface area contributed by atoms with Gasteiger partial charge in [0.1, 0.15) is 17.7 Å². The van der Waals surface area contributed by atoms with Crippen LogP contribution in [-0.2, 0) is 4.84 Å². The number of rotatable bonds is 6. The van der Waals surface area contributed by atoms with Crippen LogP contribution in [0.1, 0.15) is 32.6 Å². The maximum Gasteiger partial charge on any atom is 0.170 e. The van der Waals surface area contributed by atoms with Crippen LogP contribution in [-0.4, -0.2) is 29.4 Å². The fourth-order valence-electron chi connectivity index (χ4n) is 3.57. The van der Waals surface area contributed by atoms with Gasteiger partial charge in [-0.15, -0.1) is 0 Å². The highest BCUT2D eigenvalue weighted by molar-refractivity contribution is 5.91. The zero-order chi connectivity index (χ0) is 18.6. The molecular formula is C21H24FN3O2. The van der Waals surface area contributed by atoms with Gasteiger partial charge in [0, 0.05) is 30.1 Å². The summed E-state index contributed by atoms with van der Waals surface area (Å²) in [5, 5.41) is 4.88. The average molecular weight is 369 g/mol. The van der Waals surface area contributed by atoms with E-state index in [-0.39, 0.29) is 12.0 Å². The molecule has 1 saturated heterocycles. The van der Waals surface area contributed by atoms with E-state index in [2.05, 4.69) is 22.5 Å². The summed E-state index contributed by atoms with van der Waals surface area (Å²) in [6.45, 7) is 4.33. The molecule has 0 spiro atoms. The summed E-state index contributed by atoms with van der Waals surface area (Å²) in [7, 11) is 0. The predicted molar refractivity (Wildman–Crippen MR) is 104 cm³/mol. The van der Waals surface area contributed by atoms with Crippen molar-refractivity contribution in [1.82, 2.24) is 10.1 Å². The van der Waals surface area contributed by atoms with Crippen LogP contribution in [0, 0.1) is 5.82 Å². The molecule has 1 aliphatic heterocycles. The Morgan fingerprint density at radius 3 is 2.67 bits per heavy atom. The van der Waals surface area contributed by atoms with Gasteiger partial charge in [0.15, 0.2) is 5.58 Å². The molecule has 142 valence electrons. The molecule has 0 radical (unpaired) electrons. The van der Waals surface area contributed by atoms with E-state index in [1.807, 2.05) is 24.3 Å². The highest BCUT2D eigenvalue weighted by atomic mass is 19.1. The minimum Gasteiger partial charge on any atom is -0.356 e. The van der Waals surface area contributed by atoms with Crippen molar-refractivity contribution in [3.63, 3.8) is 0 Å². The monoisotopic (exact) mass is 369 g/mol. The second-order valence-electron chi connectivity index (χ2n) is 6.93. The molecule has 1 N–H and O–H groups in total. The van der Waals surface area contributed by atoms with E-state index in [0.29, 0.717) is 11.3 Å². The lowest BCUT2D eigenvalue weighted by molar-refractivity contribution is -0.0439. The minimum atomic E-state index is -0.332. The van der Waals surface area contributed by atoms with Crippen molar-refractivity contribution < 1.29 is 13.8 Å². The molecular weight excluding hydrogens is 345 g/mol. The summed E-state index contributed by atoms with van der Waals surface area (Å²) in [6, 6.07) is 12.3. The summed E-state index contributed by atoms with van der Waals surface area (Å²) >= 11 is 0. The lowest BCUT2D eigenvalue weighted by atomic mass is 10.1. The molecule has 1 fully saturated rings. The van der Waals surface area contributed by atoms with Gasteiger partial charge in [-0.3, -0.25) is 15.2 Å². The van der Waals surface area contributed by atoms with Crippen LogP contribution < -0.4 is 5.48 Å².